The van der Waals surface area contributed by atoms with Gasteiger partial charge in [0.25, 0.3) is 0 Å². The van der Waals surface area contributed by atoms with E-state index in [0.717, 1.165) is 0 Å². The van der Waals surface area contributed by atoms with E-state index in [9.17, 15) is 4.79 Å². The van der Waals surface area contributed by atoms with Crippen molar-refractivity contribution in [1.82, 2.24) is 4.98 Å². The highest BCUT2D eigenvalue weighted by molar-refractivity contribution is 9.09. The summed E-state index contributed by atoms with van der Waals surface area (Å²) >= 11 is 4.36. The fourth-order valence-corrected chi connectivity index (χ4v) is 1.28. The molecule has 0 saturated heterocycles. The number of anilines is 1. The van der Waals surface area contributed by atoms with Crippen molar-refractivity contribution >= 4 is 38.4 Å². The molecule has 0 aromatic carbocycles. The molecule has 1 aromatic heterocycles. The molecule has 4 nitrogen and oxygen atoms in total. The van der Waals surface area contributed by atoms with Crippen molar-refractivity contribution in [3.63, 3.8) is 0 Å². The quantitative estimate of drug-likeness (QED) is 0.649. The van der Waals surface area contributed by atoms with Crippen molar-refractivity contribution in [3.05, 3.63) is 11.1 Å². The number of ether oxygens (including phenoxy) is 1. The first kappa shape index (κ1) is 9.47. The Balaban J connectivity index is 2.53. The number of nitrogen functional groups attached to an aromatic ring is 1. The summed E-state index contributed by atoms with van der Waals surface area (Å²) in [7, 11) is 0. The van der Waals surface area contributed by atoms with E-state index in [2.05, 4.69) is 20.9 Å². The maximum absolute atomic E-state index is 11.1. The standard InChI is InChI=1S/C6H7BrN2O2S/c7-1-2-11-5(10)4-3-12-6(8)9-4/h3H,1-2H2,(H2,8,9). The van der Waals surface area contributed by atoms with Gasteiger partial charge in [-0.15, -0.1) is 11.3 Å². The second kappa shape index (κ2) is 4.42. The Morgan fingerprint density at radius 1 is 1.83 bits per heavy atom. The average molecular weight is 251 g/mol. The minimum atomic E-state index is -0.428. The van der Waals surface area contributed by atoms with Crippen LogP contribution in [0.25, 0.3) is 0 Å². The van der Waals surface area contributed by atoms with Crippen molar-refractivity contribution in [2.75, 3.05) is 17.7 Å². The van der Waals surface area contributed by atoms with Crippen molar-refractivity contribution in [3.8, 4) is 0 Å². The number of carbonyl (C=O) groups excluding carboxylic acids is 1. The predicted molar refractivity (Wildman–Crippen MR) is 50.6 cm³/mol. The fraction of sp³-hybridized carbons (Fsp3) is 0.333. The highest BCUT2D eigenvalue weighted by Crippen LogP contribution is 2.11. The van der Waals surface area contributed by atoms with Crippen LogP contribution in [0.5, 0.6) is 0 Å². The third kappa shape index (κ3) is 2.46. The van der Waals surface area contributed by atoms with Crippen LogP contribution in [0, 0.1) is 0 Å². The molecule has 0 aliphatic carbocycles. The number of nitrogens with zero attached hydrogens (tertiary/aromatic N) is 1. The van der Waals surface area contributed by atoms with Gasteiger partial charge in [0.15, 0.2) is 10.8 Å². The molecule has 0 amide bonds. The lowest BCUT2D eigenvalue weighted by atomic mass is 10.5. The number of carbonyl (C=O) groups is 1. The minimum absolute atomic E-state index is 0.276. The highest BCUT2D eigenvalue weighted by Gasteiger charge is 2.09. The van der Waals surface area contributed by atoms with E-state index < -0.39 is 5.97 Å². The molecule has 1 heterocycles. The minimum Gasteiger partial charge on any atom is -0.460 e. The van der Waals surface area contributed by atoms with Gasteiger partial charge < -0.3 is 10.5 Å². The van der Waals surface area contributed by atoms with Crippen LogP contribution in [-0.2, 0) is 4.74 Å². The summed E-state index contributed by atoms with van der Waals surface area (Å²) in [5.41, 5.74) is 5.61. The average Bonchev–Trinajstić information content (AvgIpc) is 2.47. The van der Waals surface area contributed by atoms with Gasteiger partial charge in [-0.05, 0) is 0 Å². The molecule has 0 aliphatic heterocycles. The number of hydrogen-bond donors (Lipinski definition) is 1. The second-order valence-electron chi connectivity index (χ2n) is 1.90. The topological polar surface area (TPSA) is 65.2 Å². The molecule has 0 atom stereocenters. The van der Waals surface area contributed by atoms with E-state index >= 15 is 0 Å². The molecular weight excluding hydrogens is 244 g/mol. The highest BCUT2D eigenvalue weighted by atomic mass is 79.9. The van der Waals surface area contributed by atoms with Gasteiger partial charge in [-0.1, -0.05) is 15.9 Å². The normalized spacial score (nSPS) is 9.75. The number of hydrogen-bond acceptors (Lipinski definition) is 5. The number of esters is 1. The lowest BCUT2D eigenvalue weighted by molar-refractivity contribution is 0.0525. The van der Waals surface area contributed by atoms with E-state index in [1.807, 2.05) is 0 Å². The summed E-state index contributed by atoms with van der Waals surface area (Å²) < 4.78 is 4.79. The summed E-state index contributed by atoms with van der Waals surface area (Å²) in [5, 5.41) is 2.57. The Morgan fingerprint density at radius 3 is 3.08 bits per heavy atom. The Kier molecular flexibility index (Phi) is 3.48. The molecule has 1 rings (SSSR count). The molecule has 1 aromatic rings. The summed E-state index contributed by atoms with van der Waals surface area (Å²) in [6.45, 7) is 0.344. The number of nitrogens with two attached hydrogens (primary N) is 1. The molecule has 0 radical (unpaired) electrons. The first-order valence-corrected chi connectivity index (χ1v) is 5.18. The van der Waals surface area contributed by atoms with E-state index in [0.29, 0.717) is 17.1 Å². The van der Waals surface area contributed by atoms with Crippen molar-refractivity contribution in [2.45, 2.75) is 0 Å². The van der Waals surface area contributed by atoms with Gasteiger partial charge in [-0.2, -0.15) is 0 Å². The van der Waals surface area contributed by atoms with Crippen LogP contribution in [-0.4, -0.2) is 22.9 Å². The van der Waals surface area contributed by atoms with Gasteiger partial charge in [-0.3, -0.25) is 0 Å². The van der Waals surface area contributed by atoms with Gasteiger partial charge in [0.2, 0.25) is 0 Å². The molecule has 0 bridgehead atoms. The monoisotopic (exact) mass is 250 g/mol. The van der Waals surface area contributed by atoms with Crippen LogP contribution in [0.2, 0.25) is 0 Å². The van der Waals surface area contributed by atoms with Gasteiger partial charge in [-0.25, -0.2) is 9.78 Å². The zero-order valence-electron chi connectivity index (χ0n) is 6.12. The second-order valence-corrected chi connectivity index (χ2v) is 3.58. The van der Waals surface area contributed by atoms with Crippen LogP contribution in [0.15, 0.2) is 5.38 Å². The fourth-order valence-electron chi connectivity index (χ4n) is 0.587. The van der Waals surface area contributed by atoms with Crippen LogP contribution < -0.4 is 5.73 Å². The third-order valence-electron chi connectivity index (χ3n) is 1.04. The number of alkyl halides is 1. The first-order valence-electron chi connectivity index (χ1n) is 3.18. The third-order valence-corrected chi connectivity index (χ3v) is 2.04. The zero-order chi connectivity index (χ0) is 8.97. The predicted octanol–water partition coefficient (Wildman–Crippen LogP) is 1.28. The smallest absolute Gasteiger partial charge is 0.357 e. The van der Waals surface area contributed by atoms with Crippen molar-refractivity contribution in [2.24, 2.45) is 0 Å². The molecule has 0 spiro atoms. The molecule has 0 fully saturated rings. The lowest BCUT2D eigenvalue weighted by Gasteiger charge is -1.97. The lowest BCUT2D eigenvalue weighted by Crippen LogP contribution is -2.07. The van der Waals surface area contributed by atoms with Crippen LogP contribution in [0.1, 0.15) is 10.5 Å². The first-order chi connectivity index (χ1) is 5.74. The van der Waals surface area contributed by atoms with Crippen LogP contribution in [0.4, 0.5) is 5.13 Å². The number of halogens is 1. The van der Waals surface area contributed by atoms with E-state index in [4.69, 9.17) is 10.5 Å². The number of aromatic nitrogens is 1. The van der Waals surface area contributed by atoms with Gasteiger partial charge in [0, 0.05) is 10.7 Å². The molecule has 12 heavy (non-hydrogen) atoms. The summed E-state index contributed by atoms with van der Waals surface area (Å²) in [6, 6.07) is 0. The van der Waals surface area contributed by atoms with E-state index in [-0.39, 0.29) is 5.69 Å². The molecule has 66 valence electrons. The van der Waals surface area contributed by atoms with E-state index in [1.54, 1.807) is 5.38 Å². The Labute approximate surface area is 81.9 Å². The molecular formula is C6H7BrN2O2S. The van der Waals surface area contributed by atoms with Crippen molar-refractivity contribution in [1.29, 1.82) is 0 Å². The van der Waals surface area contributed by atoms with Gasteiger partial charge in [0.05, 0.1) is 0 Å². The Morgan fingerprint density at radius 2 is 2.58 bits per heavy atom. The summed E-state index contributed by atoms with van der Waals surface area (Å²) in [6.07, 6.45) is 0. The molecule has 0 aliphatic rings. The molecule has 2 N–H and O–H groups in total. The Bertz CT molecular complexity index is 276. The number of rotatable bonds is 3. The zero-order valence-corrected chi connectivity index (χ0v) is 8.52. The Hall–Kier alpha value is -0.620. The maximum atomic E-state index is 11.1. The largest absolute Gasteiger partial charge is 0.460 e. The maximum Gasteiger partial charge on any atom is 0.357 e. The van der Waals surface area contributed by atoms with E-state index in [1.165, 1.54) is 11.3 Å². The summed E-state index contributed by atoms with van der Waals surface area (Å²) in [4.78, 5) is 14.8. The van der Waals surface area contributed by atoms with Gasteiger partial charge >= 0.3 is 5.97 Å². The van der Waals surface area contributed by atoms with Crippen LogP contribution >= 0.6 is 27.3 Å². The number of thiazole rings is 1. The van der Waals surface area contributed by atoms with Crippen LogP contribution in [0.3, 0.4) is 0 Å². The molecule has 6 heteroatoms. The SMILES string of the molecule is Nc1nc(C(=O)OCCBr)cs1. The molecule has 0 unspecified atom stereocenters. The van der Waals surface area contributed by atoms with Gasteiger partial charge in [0.1, 0.15) is 6.61 Å². The molecule has 0 saturated carbocycles. The van der Waals surface area contributed by atoms with Crippen molar-refractivity contribution < 1.29 is 9.53 Å². The summed E-state index contributed by atoms with van der Waals surface area (Å²) in [5.74, 6) is -0.428.